The van der Waals surface area contributed by atoms with Crippen molar-refractivity contribution in [1.82, 2.24) is 10.6 Å². The lowest BCUT2D eigenvalue weighted by molar-refractivity contribution is -0.0861. The van der Waals surface area contributed by atoms with Crippen molar-refractivity contribution in [3.63, 3.8) is 0 Å². The van der Waals surface area contributed by atoms with E-state index in [-0.39, 0.29) is 23.1 Å². The van der Waals surface area contributed by atoms with Gasteiger partial charge in [0.05, 0.1) is 11.6 Å². The second-order valence-corrected chi connectivity index (χ2v) is 7.95. The van der Waals surface area contributed by atoms with E-state index < -0.39 is 0 Å². The minimum Gasteiger partial charge on any atom is -0.381 e. The largest absolute Gasteiger partial charge is 0.381 e. The van der Waals surface area contributed by atoms with Crippen molar-refractivity contribution < 1.29 is 14.3 Å². The van der Waals surface area contributed by atoms with E-state index in [2.05, 4.69) is 48.7 Å². The molecule has 2 amide bonds. The lowest BCUT2D eigenvalue weighted by Crippen LogP contribution is -2.52. The third-order valence-electron chi connectivity index (χ3n) is 5.87. The molecule has 0 spiro atoms. The van der Waals surface area contributed by atoms with Crippen LogP contribution in [0.25, 0.3) is 0 Å². The summed E-state index contributed by atoms with van der Waals surface area (Å²) < 4.78 is 11.1. The second-order valence-electron chi connectivity index (χ2n) is 7.95. The van der Waals surface area contributed by atoms with Crippen LogP contribution in [0, 0.1) is 5.41 Å². The van der Waals surface area contributed by atoms with E-state index in [1.807, 2.05) is 0 Å². The molecule has 2 N–H and O–H groups in total. The van der Waals surface area contributed by atoms with Gasteiger partial charge in [0.1, 0.15) is 0 Å². The van der Waals surface area contributed by atoms with Gasteiger partial charge >= 0.3 is 6.03 Å². The maximum atomic E-state index is 12.6. The predicted molar refractivity (Wildman–Crippen MR) is 97.6 cm³/mol. The first-order chi connectivity index (χ1) is 12.0. The van der Waals surface area contributed by atoms with Gasteiger partial charge in [0.25, 0.3) is 0 Å². The van der Waals surface area contributed by atoms with Gasteiger partial charge in [-0.05, 0) is 29.4 Å². The van der Waals surface area contributed by atoms with Crippen LogP contribution in [-0.2, 0) is 15.9 Å². The van der Waals surface area contributed by atoms with Gasteiger partial charge in [-0.25, -0.2) is 4.79 Å². The third-order valence-corrected chi connectivity index (χ3v) is 5.87. The Morgan fingerprint density at radius 3 is 2.68 bits per heavy atom. The van der Waals surface area contributed by atoms with E-state index in [0.717, 1.165) is 25.7 Å². The number of aryl methyl sites for hydroxylation is 1. The molecule has 1 heterocycles. The molecule has 1 aliphatic carbocycles. The molecule has 0 aromatic heterocycles. The van der Waals surface area contributed by atoms with Crippen LogP contribution in [0.15, 0.2) is 24.3 Å². The monoisotopic (exact) mass is 346 g/mol. The van der Waals surface area contributed by atoms with E-state index in [1.54, 1.807) is 7.11 Å². The molecule has 0 radical (unpaired) electrons. The van der Waals surface area contributed by atoms with Crippen molar-refractivity contribution in [1.29, 1.82) is 0 Å². The van der Waals surface area contributed by atoms with Crippen LogP contribution in [0.3, 0.4) is 0 Å². The average molecular weight is 346 g/mol. The number of rotatable bonds is 4. The van der Waals surface area contributed by atoms with Crippen molar-refractivity contribution in [2.75, 3.05) is 26.9 Å². The Hall–Kier alpha value is -1.59. The first kappa shape index (κ1) is 18.2. The standard InChI is InChI=1S/C20H30N2O3/c1-19(2)9-8-15-6-4-5-7-16(15)17(19)22-18(23)21-14-20(24-3)10-12-25-13-11-20/h4-7,17H,8-14H2,1-3H3,(H2,21,22,23)/t17-/m1/s1. The molecule has 3 rings (SSSR count). The number of methoxy groups -OCH3 is 1. The number of ether oxygens (including phenoxy) is 2. The number of carbonyl (C=O) groups is 1. The zero-order valence-corrected chi connectivity index (χ0v) is 15.6. The van der Waals surface area contributed by atoms with Gasteiger partial charge in [0, 0.05) is 39.7 Å². The number of urea groups is 1. The average Bonchev–Trinajstić information content (AvgIpc) is 2.63. The van der Waals surface area contributed by atoms with Gasteiger partial charge in [0.2, 0.25) is 0 Å². The Bertz CT molecular complexity index is 609. The fraction of sp³-hybridized carbons (Fsp3) is 0.650. The summed E-state index contributed by atoms with van der Waals surface area (Å²) in [5.41, 5.74) is 2.30. The third kappa shape index (κ3) is 3.98. The molecule has 0 unspecified atom stereocenters. The fourth-order valence-corrected chi connectivity index (χ4v) is 3.96. The minimum absolute atomic E-state index is 0.0191. The molecule has 138 valence electrons. The highest BCUT2D eigenvalue weighted by Crippen LogP contribution is 2.43. The lowest BCUT2D eigenvalue weighted by atomic mass is 9.70. The fourth-order valence-electron chi connectivity index (χ4n) is 3.96. The normalized spacial score (nSPS) is 24.2. The van der Waals surface area contributed by atoms with Crippen molar-refractivity contribution in [2.45, 2.75) is 51.2 Å². The Balaban J connectivity index is 1.65. The summed E-state index contributed by atoms with van der Waals surface area (Å²) >= 11 is 0. The number of benzene rings is 1. The summed E-state index contributed by atoms with van der Waals surface area (Å²) in [6.07, 6.45) is 3.74. The lowest BCUT2D eigenvalue weighted by Gasteiger charge is -2.41. The first-order valence-corrected chi connectivity index (χ1v) is 9.21. The van der Waals surface area contributed by atoms with Crippen LogP contribution in [0.2, 0.25) is 0 Å². The van der Waals surface area contributed by atoms with Crippen LogP contribution in [0.5, 0.6) is 0 Å². The van der Waals surface area contributed by atoms with Crippen molar-refractivity contribution >= 4 is 6.03 Å². The number of nitrogens with one attached hydrogen (secondary N) is 2. The number of hydrogen-bond donors (Lipinski definition) is 2. The molecule has 2 aliphatic rings. The summed E-state index contributed by atoms with van der Waals surface area (Å²) in [6.45, 7) is 6.32. The maximum absolute atomic E-state index is 12.6. The van der Waals surface area contributed by atoms with Crippen LogP contribution in [0.1, 0.15) is 50.3 Å². The SMILES string of the molecule is COC1(CNC(=O)N[C@@H]2c3ccccc3CCC2(C)C)CCOCC1. The van der Waals surface area contributed by atoms with Gasteiger partial charge < -0.3 is 20.1 Å². The highest BCUT2D eigenvalue weighted by atomic mass is 16.5. The molecule has 1 aromatic rings. The molecule has 0 saturated carbocycles. The van der Waals surface area contributed by atoms with Gasteiger partial charge in [-0.2, -0.15) is 0 Å². The molecule has 5 heteroatoms. The second kappa shape index (κ2) is 7.34. The molecule has 1 atom stereocenters. The first-order valence-electron chi connectivity index (χ1n) is 9.21. The molecule has 1 saturated heterocycles. The number of carbonyl (C=O) groups excluding carboxylic acids is 1. The Morgan fingerprint density at radius 2 is 1.96 bits per heavy atom. The Morgan fingerprint density at radius 1 is 1.24 bits per heavy atom. The van der Waals surface area contributed by atoms with E-state index >= 15 is 0 Å². The van der Waals surface area contributed by atoms with Gasteiger partial charge in [0.15, 0.2) is 0 Å². The zero-order chi connectivity index (χ0) is 17.9. The topological polar surface area (TPSA) is 59.6 Å². The maximum Gasteiger partial charge on any atom is 0.315 e. The molecule has 25 heavy (non-hydrogen) atoms. The smallest absolute Gasteiger partial charge is 0.315 e. The Labute approximate surface area is 150 Å². The number of fused-ring (bicyclic) bond motifs is 1. The van der Waals surface area contributed by atoms with E-state index in [4.69, 9.17) is 9.47 Å². The summed E-state index contributed by atoms with van der Waals surface area (Å²) in [5, 5.41) is 6.24. The van der Waals surface area contributed by atoms with Crippen molar-refractivity contribution in [3.8, 4) is 0 Å². The zero-order valence-electron chi connectivity index (χ0n) is 15.6. The summed E-state index contributed by atoms with van der Waals surface area (Å²) in [6, 6.07) is 8.31. The van der Waals surface area contributed by atoms with Crippen LogP contribution in [0.4, 0.5) is 4.79 Å². The summed E-state index contributed by atoms with van der Waals surface area (Å²) in [4.78, 5) is 12.6. The Kier molecular flexibility index (Phi) is 5.35. The molecule has 1 aromatic carbocycles. The number of hydrogen-bond acceptors (Lipinski definition) is 3. The highest BCUT2D eigenvalue weighted by molar-refractivity contribution is 5.74. The van der Waals surface area contributed by atoms with E-state index in [0.29, 0.717) is 19.8 Å². The summed E-state index contributed by atoms with van der Waals surface area (Å²) in [5.74, 6) is 0. The van der Waals surface area contributed by atoms with Crippen LogP contribution in [-0.4, -0.2) is 38.5 Å². The molecule has 0 bridgehead atoms. The van der Waals surface area contributed by atoms with Crippen molar-refractivity contribution in [3.05, 3.63) is 35.4 Å². The molecule has 5 nitrogen and oxygen atoms in total. The van der Waals surface area contributed by atoms with E-state index in [9.17, 15) is 4.79 Å². The highest BCUT2D eigenvalue weighted by Gasteiger charge is 2.37. The van der Waals surface area contributed by atoms with Crippen LogP contribution >= 0.6 is 0 Å². The minimum atomic E-state index is -0.310. The van der Waals surface area contributed by atoms with E-state index in [1.165, 1.54) is 11.1 Å². The van der Waals surface area contributed by atoms with Crippen molar-refractivity contribution in [2.24, 2.45) is 5.41 Å². The van der Waals surface area contributed by atoms with Gasteiger partial charge in [-0.15, -0.1) is 0 Å². The quantitative estimate of drug-likeness (QED) is 0.880. The molecular formula is C20H30N2O3. The molecule has 1 fully saturated rings. The molecule has 1 aliphatic heterocycles. The van der Waals surface area contributed by atoms with Gasteiger partial charge in [-0.3, -0.25) is 0 Å². The molecular weight excluding hydrogens is 316 g/mol. The van der Waals surface area contributed by atoms with Crippen LogP contribution < -0.4 is 10.6 Å². The predicted octanol–water partition coefficient (Wildman–Crippen LogP) is 3.19. The summed E-state index contributed by atoms with van der Waals surface area (Å²) in [7, 11) is 1.71. The number of amides is 2. The van der Waals surface area contributed by atoms with Gasteiger partial charge in [-0.1, -0.05) is 38.1 Å².